The van der Waals surface area contributed by atoms with Gasteiger partial charge in [-0.1, -0.05) is 0 Å². The highest BCUT2D eigenvalue weighted by Crippen LogP contribution is 2.26. The van der Waals surface area contributed by atoms with Gasteiger partial charge in [-0.05, 0) is 25.3 Å². The molecular formula is C12H17F2N3S. The molecule has 0 bridgehead atoms. The van der Waals surface area contributed by atoms with Gasteiger partial charge in [-0.2, -0.15) is 11.8 Å². The number of nitrogens with zero attached hydrogens (tertiary/aromatic N) is 1. The summed E-state index contributed by atoms with van der Waals surface area (Å²) in [5.41, 5.74) is 5.19. The van der Waals surface area contributed by atoms with Crippen LogP contribution in [0.2, 0.25) is 0 Å². The lowest BCUT2D eigenvalue weighted by Gasteiger charge is -2.27. The fourth-order valence-corrected chi connectivity index (χ4v) is 2.34. The van der Waals surface area contributed by atoms with E-state index < -0.39 is 11.6 Å². The Balaban J connectivity index is 3.13. The van der Waals surface area contributed by atoms with Crippen LogP contribution in [0.1, 0.15) is 12.5 Å². The quantitative estimate of drug-likeness (QED) is 0.640. The predicted molar refractivity (Wildman–Crippen MR) is 73.6 cm³/mol. The van der Waals surface area contributed by atoms with Gasteiger partial charge in [0.25, 0.3) is 0 Å². The summed E-state index contributed by atoms with van der Waals surface area (Å²) < 4.78 is 27.8. The summed E-state index contributed by atoms with van der Waals surface area (Å²) in [6.07, 6.45) is 1.94. The molecule has 0 fully saturated rings. The molecule has 3 N–H and O–H groups in total. The molecule has 1 aromatic rings. The van der Waals surface area contributed by atoms with E-state index in [1.165, 1.54) is 0 Å². The van der Waals surface area contributed by atoms with E-state index in [-0.39, 0.29) is 23.1 Å². The average Bonchev–Trinajstić information content (AvgIpc) is 2.27. The fraction of sp³-hybridized carbons (Fsp3) is 0.417. The zero-order valence-corrected chi connectivity index (χ0v) is 11.4. The van der Waals surface area contributed by atoms with Gasteiger partial charge in [-0.15, -0.1) is 0 Å². The highest BCUT2D eigenvalue weighted by Gasteiger charge is 2.19. The second kappa shape index (κ2) is 6.04. The third-order valence-corrected chi connectivity index (χ3v) is 3.57. The van der Waals surface area contributed by atoms with E-state index in [0.29, 0.717) is 0 Å². The third-order valence-electron chi connectivity index (χ3n) is 2.75. The molecule has 0 saturated heterocycles. The van der Waals surface area contributed by atoms with Crippen molar-refractivity contribution in [3.8, 4) is 0 Å². The van der Waals surface area contributed by atoms with Crippen LogP contribution >= 0.6 is 11.8 Å². The molecule has 1 unspecified atom stereocenters. The zero-order valence-electron chi connectivity index (χ0n) is 10.6. The molecule has 1 atom stereocenters. The molecule has 3 nitrogen and oxygen atoms in total. The van der Waals surface area contributed by atoms with Gasteiger partial charge in [-0.25, -0.2) is 8.78 Å². The molecule has 0 saturated carbocycles. The van der Waals surface area contributed by atoms with E-state index in [1.54, 1.807) is 23.7 Å². The smallest absolute Gasteiger partial charge is 0.150 e. The number of anilines is 1. The van der Waals surface area contributed by atoms with E-state index in [0.717, 1.165) is 17.9 Å². The maximum Gasteiger partial charge on any atom is 0.150 e. The Kier molecular flexibility index (Phi) is 4.95. The van der Waals surface area contributed by atoms with Crippen molar-refractivity contribution in [3.63, 3.8) is 0 Å². The number of nitrogens with one attached hydrogen (secondary N) is 1. The van der Waals surface area contributed by atoms with Gasteiger partial charge in [0.2, 0.25) is 0 Å². The van der Waals surface area contributed by atoms with Gasteiger partial charge in [-0.3, -0.25) is 5.41 Å². The van der Waals surface area contributed by atoms with Crippen molar-refractivity contribution in [1.29, 1.82) is 5.41 Å². The van der Waals surface area contributed by atoms with Crippen molar-refractivity contribution in [2.75, 3.05) is 24.0 Å². The van der Waals surface area contributed by atoms with Crippen molar-refractivity contribution in [3.05, 3.63) is 29.3 Å². The first kappa shape index (κ1) is 14.8. The lowest BCUT2D eigenvalue weighted by atomic mass is 10.1. The molecule has 0 aromatic heterocycles. The summed E-state index contributed by atoms with van der Waals surface area (Å²) in [5, 5.41) is 7.18. The Labute approximate surface area is 110 Å². The topological polar surface area (TPSA) is 53.1 Å². The summed E-state index contributed by atoms with van der Waals surface area (Å²) in [6.45, 7) is 1.90. The highest BCUT2D eigenvalue weighted by molar-refractivity contribution is 7.98. The third kappa shape index (κ3) is 3.13. The molecule has 6 heteroatoms. The molecule has 0 heterocycles. The Morgan fingerprint density at radius 2 is 1.94 bits per heavy atom. The minimum absolute atomic E-state index is 0.00665. The number of halogens is 2. The fourth-order valence-electron chi connectivity index (χ4n) is 1.63. The van der Waals surface area contributed by atoms with Gasteiger partial charge >= 0.3 is 0 Å². The minimum Gasteiger partial charge on any atom is -0.384 e. The standard InChI is InChI=1S/C12H17F2N3S/c1-7(6-18-3)17(2)11-9(13)4-8(12(15)16)5-10(11)14/h4-5,7H,6H2,1-3H3,(H3,15,16). The van der Waals surface area contributed by atoms with Crippen molar-refractivity contribution in [1.82, 2.24) is 0 Å². The SMILES string of the molecule is CSCC(C)N(C)c1c(F)cc(C(=N)N)cc1F. The molecule has 18 heavy (non-hydrogen) atoms. The summed E-state index contributed by atoms with van der Waals surface area (Å²) in [6, 6.07) is 2.18. The van der Waals surface area contributed by atoms with E-state index in [4.69, 9.17) is 11.1 Å². The van der Waals surface area contributed by atoms with Crippen LogP contribution in [0.4, 0.5) is 14.5 Å². The van der Waals surface area contributed by atoms with Crippen LogP contribution in [-0.2, 0) is 0 Å². The number of thioether (sulfide) groups is 1. The van der Waals surface area contributed by atoms with E-state index in [9.17, 15) is 8.78 Å². The maximum atomic E-state index is 13.9. The molecule has 0 aliphatic carbocycles. The van der Waals surface area contributed by atoms with Crippen LogP contribution in [0.15, 0.2) is 12.1 Å². The normalized spacial score (nSPS) is 12.3. The molecule has 1 aromatic carbocycles. The zero-order chi connectivity index (χ0) is 13.9. The number of hydrogen-bond acceptors (Lipinski definition) is 3. The van der Waals surface area contributed by atoms with Gasteiger partial charge in [0, 0.05) is 24.4 Å². The van der Waals surface area contributed by atoms with Gasteiger partial charge in [0.15, 0.2) is 0 Å². The Morgan fingerprint density at radius 3 is 2.33 bits per heavy atom. The second-order valence-corrected chi connectivity index (χ2v) is 5.03. The Hall–Kier alpha value is -1.30. The molecular weight excluding hydrogens is 256 g/mol. The number of rotatable bonds is 5. The maximum absolute atomic E-state index is 13.9. The number of nitrogen functional groups attached to an aromatic ring is 1. The molecule has 0 spiro atoms. The largest absolute Gasteiger partial charge is 0.384 e. The van der Waals surface area contributed by atoms with Gasteiger partial charge < -0.3 is 10.6 Å². The molecule has 0 amide bonds. The van der Waals surface area contributed by atoms with Crippen molar-refractivity contribution < 1.29 is 8.78 Å². The second-order valence-electron chi connectivity index (χ2n) is 4.12. The van der Waals surface area contributed by atoms with Crippen LogP contribution in [0.5, 0.6) is 0 Å². The number of hydrogen-bond donors (Lipinski definition) is 2. The Bertz CT molecular complexity index is 428. The molecule has 0 radical (unpaired) electrons. The number of nitrogens with two attached hydrogens (primary N) is 1. The highest BCUT2D eigenvalue weighted by atomic mass is 32.2. The number of benzene rings is 1. The van der Waals surface area contributed by atoms with Gasteiger partial charge in [0.1, 0.15) is 23.2 Å². The van der Waals surface area contributed by atoms with Gasteiger partial charge in [0.05, 0.1) is 0 Å². The first-order chi connectivity index (χ1) is 8.38. The van der Waals surface area contributed by atoms with Crippen molar-refractivity contribution >= 4 is 23.3 Å². The van der Waals surface area contributed by atoms with Crippen LogP contribution in [0, 0.1) is 17.0 Å². The predicted octanol–water partition coefficient (Wildman–Crippen LogP) is 2.44. The van der Waals surface area contributed by atoms with Crippen molar-refractivity contribution in [2.24, 2.45) is 5.73 Å². The monoisotopic (exact) mass is 273 g/mol. The lowest BCUT2D eigenvalue weighted by molar-refractivity contribution is 0.568. The Morgan fingerprint density at radius 1 is 1.44 bits per heavy atom. The van der Waals surface area contributed by atoms with Crippen LogP contribution in [-0.4, -0.2) is 30.9 Å². The summed E-state index contributed by atoms with van der Waals surface area (Å²) >= 11 is 1.61. The molecule has 0 aliphatic rings. The molecule has 0 aliphatic heterocycles. The van der Waals surface area contributed by atoms with Crippen LogP contribution in [0.25, 0.3) is 0 Å². The van der Waals surface area contributed by atoms with Crippen molar-refractivity contribution in [2.45, 2.75) is 13.0 Å². The number of amidine groups is 1. The van der Waals surface area contributed by atoms with E-state index >= 15 is 0 Å². The summed E-state index contributed by atoms with van der Waals surface area (Å²) in [7, 11) is 1.65. The average molecular weight is 273 g/mol. The first-order valence-corrected chi connectivity index (χ1v) is 6.83. The first-order valence-electron chi connectivity index (χ1n) is 5.43. The lowest BCUT2D eigenvalue weighted by Crippen LogP contribution is -2.32. The van der Waals surface area contributed by atoms with Crippen LogP contribution < -0.4 is 10.6 Å². The molecule has 100 valence electrons. The summed E-state index contributed by atoms with van der Waals surface area (Å²) in [4.78, 5) is 1.56. The molecule has 1 rings (SSSR count). The van der Waals surface area contributed by atoms with E-state index in [1.807, 2.05) is 13.2 Å². The van der Waals surface area contributed by atoms with E-state index in [2.05, 4.69) is 0 Å². The summed E-state index contributed by atoms with van der Waals surface area (Å²) in [5.74, 6) is -0.977. The van der Waals surface area contributed by atoms with Crippen LogP contribution in [0.3, 0.4) is 0 Å². The minimum atomic E-state index is -0.698.